The van der Waals surface area contributed by atoms with Crippen LogP contribution in [0.4, 0.5) is 5.69 Å². The number of thioether (sulfide) groups is 1. The average Bonchev–Trinajstić information content (AvgIpc) is 3.19. The summed E-state index contributed by atoms with van der Waals surface area (Å²) in [5, 5.41) is 11.9. The van der Waals surface area contributed by atoms with E-state index in [2.05, 4.69) is 0 Å². The van der Waals surface area contributed by atoms with Gasteiger partial charge in [-0.25, -0.2) is 4.98 Å². The zero-order valence-electron chi connectivity index (χ0n) is 19.9. The number of rotatable bonds is 6. The Labute approximate surface area is 215 Å². The fourth-order valence-corrected chi connectivity index (χ4v) is 6.30. The maximum Gasteiger partial charge on any atom is 0.269 e. The van der Waals surface area contributed by atoms with E-state index in [4.69, 9.17) is 9.72 Å². The van der Waals surface area contributed by atoms with Gasteiger partial charge in [0.2, 0.25) is 0 Å². The van der Waals surface area contributed by atoms with Gasteiger partial charge in [0.25, 0.3) is 11.2 Å². The number of nitro groups is 1. The van der Waals surface area contributed by atoms with Crippen LogP contribution in [0.2, 0.25) is 0 Å². The zero-order valence-corrected chi connectivity index (χ0v) is 21.6. The molecule has 0 N–H and O–H groups in total. The van der Waals surface area contributed by atoms with Crippen LogP contribution >= 0.6 is 23.1 Å². The van der Waals surface area contributed by atoms with Crippen LogP contribution in [0, 0.1) is 17.0 Å². The highest BCUT2D eigenvalue weighted by Gasteiger charge is 2.31. The lowest BCUT2D eigenvalue weighted by Gasteiger charge is -2.29. The Balaban J connectivity index is 1.57. The maximum atomic E-state index is 13.9. The Morgan fingerprint density at radius 3 is 2.69 bits per heavy atom. The van der Waals surface area contributed by atoms with Crippen LogP contribution in [0.1, 0.15) is 40.2 Å². The third kappa shape index (κ3) is 4.59. The van der Waals surface area contributed by atoms with Crippen molar-refractivity contribution in [3.8, 4) is 5.69 Å². The predicted molar refractivity (Wildman–Crippen MR) is 141 cm³/mol. The Kier molecular flexibility index (Phi) is 6.27. The number of aromatic nitrogens is 2. The maximum absolute atomic E-state index is 13.9. The van der Waals surface area contributed by atoms with Gasteiger partial charge in [-0.3, -0.25) is 24.3 Å². The monoisotopic (exact) mass is 521 g/mol. The summed E-state index contributed by atoms with van der Waals surface area (Å²) in [4.78, 5) is 43.7. The van der Waals surface area contributed by atoms with Gasteiger partial charge < -0.3 is 4.74 Å². The number of thiophene rings is 1. The second kappa shape index (κ2) is 9.27. The van der Waals surface area contributed by atoms with Gasteiger partial charge in [0.1, 0.15) is 4.83 Å². The van der Waals surface area contributed by atoms with Gasteiger partial charge in [0, 0.05) is 29.0 Å². The Bertz CT molecular complexity index is 1570. The molecule has 1 aliphatic heterocycles. The van der Waals surface area contributed by atoms with Crippen molar-refractivity contribution in [3.63, 3.8) is 0 Å². The number of Topliss-reactive ketones (excluding diaryl/α,β-unsaturated/α-hetero) is 1. The van der Waals surface area contributed by atoms with Crippen molar-refractivity contribution in [1.82, 2.24) is 9.55 Å². The van der Waals surface area contributed by atoms with E-state index in [0.29, 0.717) is 39.7 Å². The van der Waals surface area contributed by atoms with Crippen LogP contribution in [-0.4, -0.2) is 31.6 Å². The molecule has 3 heterocycles. The fourth-order valence-electron chi connectivity index (χ4n) is 4.25. The lowest BCUT2D eigenvalue weighted by Crippen LogP contribution is -2.32. The highest BCUT2D eigenvalue weighted by atomic mass is 32.2. The molecule has 0 aliphatic carbocycles. The van der Waals surface area contributed by atoms with E-state index < -0.39 is 4.92 Å². The Morgan fingerprint density at radius 1 is 1.25 bits per heavy atom. The van der Waals surface area contributed by atoms with Crippen LogP contribution in [0.15, 0.2) is 58.5 Å². The number of hydrogen-bond acceptors (Lipinski definition) is 8. The van der Waals surface area contributed by atoms with Crippen LogP contribution < -0.4 is 5.56 Å². The summed E-state index contributed by atoms with van der Waals surface area (Å²) in [6.07, 6.45) is 0.623. The highest BCUT2D eigenvalue weighted by molar-refractivity contribution is 7.99. The molecule has 8 nitrogen and oxygen atoms in total. The first-order chi connectivity index (χ1) is 17.1. The number of nitrogens with zero attached hydrogens (tertiary/aromatic N) is 3. The number of nitro benzene ring substituents is 1. The molecule has 0 saturated carbocycles. The molecule has 0 unspecified atom stereocenters. The largest absolute Gasteiger partial charge is 0.370 e. The lowest BCUT2D eigenvalue weighted by atomic mass is 9.94. The lowest BCUT2D eigenvalue weighted by molar-refractivity contribution is -0.384. The van der Waals surface area contributed by atoms with Crippen molar-refractivity contribution in [2.45, 2.75) is 44.6 Å². The molecule has 2 aromatic carbocycles. The minimum absolute atomic E-state index is 0.0306. The van der Waals surface area contributed by atoms with Crippen LogP contribution in [0.25, 0.3) is 15.9 Å². The number of aryl methyl sites for hydroxylation is 1. The summed E-state index contributed by atoms with van der Waals surface area (Å²) in [6.45, 7) is 6.42. The summed E-state index contributed by atoms with van der Waals surface area (Å²) in [5.41, 5.74) is 2.43. The van der Waals surface area contributed by atoms with E-state index in [0.717, 1.165) is 16.0 Å². The van der Waals surface area contributed by atoms with Gasteiger partial charge in [-0.2, -0.15) is 0 Å². The number of hydrogen-bond donors (Lipinski definition) is 0. The van der Waals surface area contributed by atoms with E-state index in [1.165, 1.54) is 47.4 Å². The number of carbonyl (C=O) groups is 1. The quantitative estimate of drug-likeness (QED) is 0.109. The molecule has 0 atom stereocenters. The minimum atomic E-state index is -0.504. The SMILES string of the molecule is Cc1cccc(-n2c(SCC(=O)c3ccc([N+](=O)[O-])cc3)nc3sc4c(c3c2=O)CC(C)(C)OC4)c1. The van der Waals surface area contributed by atoms with Crippen molar-refractivity contribution < 1.29 is 14.5 Å². The van der Waals surface area contributed by atoms with E-state index in [9.17, 15) is 19.7 Å². The van der Waals surface area contributed by atoms with Gasteiger partial charge in [-0.15, -0.1) is 11.3 Å². The molecule has 0 spiro atoms. The van der Waals surface area contributed by atoms with Gasteiger partial charge in [0.15, 0.2) is 10.9 Å². The highest BCUT2D eigenvalue weighted by Crippen LogP contribution is 2.38. The number of ketones is 1. The molecular formula is C26H23N3O5S2. The zero-order chi connectivity index (χ0) is 25.6. The van der Waals surface area contributed by atoms with E-state index in [1.807, 2.05) is 45.0 Å². The molecule has 4 aromatic rings. The summed E-state index contributed by atoms with van der Waals surface area (Å²) >= 11 is 2.64. The molecule has 36 heavy (non-hydrogen) atoms. The number of non-ortho nitro benzene ring substituents is 1. The third-order valence-electron chi connectivity index (χ3n) is 6.07. The molecule has 10 heteroatoms. The first-order valence-corrected chi connectivity index (χ1v) is 13.1. The fraction of sp³-hybridized carbons (Fsp3) is 0.269. The second-order valence-electron chi connectivity index (χ2n) is 9.30. The molecule has 184 valence electrons. The van der Waals surface area contributed by atoms with E-state index in [1.54, 1.807) is 4.57 Å². The van der Waals surface area contributed by atoms with Crippen molar-refractivity contribution in [2.75, 3.05) is 5.75 Å². The average molecular weight is 522 g/mol. The topological polar surface area (TPSA) is 104 Å². The van der Waals surface area contributed by atoms with Gasteiger partial charge in [-0.05, 0) is 56.2 Å². The predicted octanol–water partition coefficient (Wildman–Crippen LogP) is 5.49. The van der Waals surface area contributed by atoms with Gasteiger partial charge >= 0.3 is 0 Å². The summed E-state index contributed by atoms with van der Waals surface area (Å²) in [7, 11) is 0. The smallest absolute Gasteiger partial charge is 0.269 e. The molecule has 0 amide bonds. The van der Waals surface area contributed by atoms with Crippen LogP contribution in [0.3, 0.4) is 0 Å². The Hall–Kier alpha value is -3.34. The van der Waals surface area contributed by atoms with Gasteiger partial charge in [-0.1, -0.05) is 23.9 Å². The van der Waals surface area contributed by atoms with Gasteiger partial charge in [0.05, 0.1) is 34.0 Å². The van der Waals surface area contributed by atoms with Crippen LogP contribution in [0.5, 0.6) is 0 Å². The molecule has 1 aliphatic rings. The second-order valence-corrected chi connectivity index (χ2v) is 11.3. The van der Waals surface area contributed by atoms with E-state index >= 15 is 0 Å². The Morgan fingerprint density at radius 2 is 2.00 bits per heavy atom. The molecule has 5 rings (SSSR count). The minimum Gasteiger partial charge on any atom is -0.370 e. The molecule has 2 aromatic heterocycles. The summed E-state index contributed by atoms with van der Waals surface area (Å²) in [5.74, 6) is -0.177. The number of fused-ring (bicyclic) bond motifs is 3. The normalized spacial score (nSPS) is 14.5. The molecule has 0 saturated heterocycles. The number of ether oxygens (including phenoxy) is 1. The first kappa shape index (κ1) is 24.4. The van der Waals surface area contributed by atoms with Crippen molar-refractivity contribution in [1.29, 1.82) is 0 Å². The third-order valence-corrected chi connectivity index (χ3v) is 8.10. The summed E-state index contributed by atoms with van der Waals surface area (Å²) in [6, 6.07) is 13.1. The summed E-state index contributed by atoms with van der Waals surface area (Å²) < 4.78 is 7.54. The van der Waals surface area contributed by atoms with Crippen molar-refractivity contribution >= 4 is 44.8 Å². The molecule has 0 fully saturated rings. The van der Waals surface area contributed by atoms with Crippen molar-refractivity contribution in [3.05, 3.63) is 90.6 Å². The first-order valence-electron chi connectivity index (χ1n) is 11.3. The number of carbonyl (C=O) groups excluding carboxylic acids is 1. The van der Waals surface area contributed by atoms with Crippen LogP contribution in [-0.2, 0) is 17.8 Å². The molecule has 0 bridgehead atoms. The number of benzene rings is 2. The van der Waals surface area contributed by atoms with E-state index in [-0.39, 0.29) is 28.4 Å². The van der Waals surface area contributed by atoms with Crippen molar-refractivity contribution in [2.24, 2.45) is 0 Å². The molecule has 0 radical (unpaired) electrons. The standard InChI is InChI=1S/C26H23N3O5S2/c1-15-5-4-6-18(11-15)28-24(31)22-19-12-26(2,3)34-13-21(19)36-23(22)27-25(28)35-14-20(30)16-7-9-17(10-8-16)29(32)33/h4-11H,12-14H2,1-3H3. The molecular weight excluding hydrogens is 498 g/mol.